The number of nitrogens with one attached hydrogen (secondary N) is 1. The van der Waals surface area contributed by atoms with E-state index in [1.165, 1.54) is 0 Å². The maximum atomic E-state index is 11.2. The Morgan fingerprint density at radius 2 is 1.86 bits per heavy atom. The summed E-state index contributed by atoms with van der Waals surface area (Å²) < 4.78 is 0. The molecular weight excluding hydrogens is 268 g/mol. The Kier molecular flexibility index (Phi) is 4.90. The van der Waals surface area contributed by atoms with E-state index in [2.05, 4.69) is 5.32 Å². The number of fused-ring (bicyclic) bond motifs is 1. The fourth-order valence-corrected chi connectivity index (χ4v) is 2.28. The summed E-state index contributed by atoms with van der Waals surface area (Å²) in [6.07, 6.45) is 0.245. The summed E-state index contributed by atoms with van der Waals surface area (Å²) in [6.45, 7) is 0.428. The van der Waals surface area contributed by atoms with Crippen LogP contribution in [0.3, 0.4) is 0 Å². The second-order valence-electron chi connectivity index (χ2n) is 4.91. The highest BCUT2D eigenvalue weighted by Crippen LogP contribution is 2.18. The molecule has 0 aliphatic rings. The lowest BCUT2D eigenvalue weighted by Crippen LogP contribution is -2.37. The van der Waals surface area contributed by atoms with Gasteiger partial charge < -0.3 is 16.2 Å². The minimum atomic E-state index is -0.975. The minimum absolute atomic E-state index is 0.0551. The quantitative estimate of drug-likeness (QED) is 0.721. The number of hydrogen-bond acceptors (Lipinski definition) is 3. The fourth-order valence-electron chi connectivity index (χ4n) is 2.28. The fraction of sp³-hybridized carbons (Fsp3) is 0.250. The standard InChI is InChI=1S/C16H18N2O3/c17-15(19)9-8-14(16(20)21)18-10-12-6-3-5-11-4-1-2-7-13(11)12/h1-7,14,18H,8-10H2,(H2,17,19)(H,20,21). The van der Waals surface area contributed by atoms with Gasteiger partial charge in [0, 0.05) is 13.0 Å². The van der Waals surface area contributed by atoms with E-state index in [0.29, 0.717) is 6.54 Å². The number of rotatable bonds is 7. The van der Waals surface area contributed by atoms with Crippen molar-refractivity contribution >= 4 is 22.6 Å². The largest absolute Gasteiger partial charge is 0.480 e. The Hall–Kier alpha value is -2.40. The highest BCUT2D eigenvalue weighted by Gasteiger charge is 2.17. The molecule has 2 rings (SSSR count). The van der Waals surface area contributed by atoms with Crippen LogP contribution in [0.1, 0.15) is 18.4 Å². The van der Waals surface area contributed by atoms with Gasteiger partial charge in [-0.15, -0.1) is 0 Å². The number of primary amides is 1. The number of hydrogen-bond donors (Lipinski definition) is 3. The summed E-state index contributed by atoms with van der Waals surface area (Å²) >= 11 is 0. The van der Waals surface area contributed by atoms with Crippen molar-refractivity contribution in [2.75, 3.05) is 0 Å². The molecule has 5 heteroatoms. The van der Waals surface area contributed by atoms with E-state index < -0.39 is 17.9 Å². The van der Waals surface area contributed by atoms with Gasteiger partial charge in [-0.1, -0.05) is 42.5 Å². The maximum Gasteiger partial charge on any atom is 0.320 e. The van der Waals surface area contributed by atoms with Gasteiger partial charge >= 0.3 is 5.97 Å². The van der Waals surface area contributed by atoms with Crippen molar-refractivity contribution in [3.63, 3.8) is 0 Å². The Balaban J connectivity index is 2.08. The van der Waals surface area contributed by atoms with E-state index >= 15 is 0 Å². The number of carboxylic acids is 1. The summed E-state index contributed by atoms with van der Waals surface area (Å²) in [4.78, 5) is 22.0. The molecule has 0 aromatic heterocycles. The molecule has 0 saturated carbocycles. The highest BCUT2D eigenvalue weighted by atomic mass is 16.4. The van der Waals surface area contributed by atoms with Crippen LogP contribution in [0.4, 0.5) is 0 Å². The van der Waals surface area contributed by atoms with Gasteiger partial charge in [-0.2, -0.15) is 0 Å². The highest BCUT2D eigenvalue weighted by molar-refractivity contribution is 5.85. The van der Waals surface area contributed by atoms with Crippen molar-refractivity contribution in [3.05, 3.63) is 48.0 Å². The predicted molar refractivity (Wildman–Crippen MR) is 80.6 cm³/mol. The molecule has 0 bridgehead atoms. The molecule has 1 amide bonds. The van der Waals surface area contributed by atoms with E-state index in [-0.39, 0.29) is 12.8 Å². The molecule has 5 nitrogen and oxygen atoms in total. The summed E-state index contributed by atoms with van der Waals surface area (Å²) in [7, 11) is 0. The molecule has 0 spiro atoms. The molecule has 1 atom stereocenters. The monoisotopic (exact) mass is 286 g/mol. The number of aliphatic carboxylic acids is 1. The summed E-state index contributed by atoms with van der Waals surface area (Å²) in [5.74, 6) is -1.47. The first-order valence-electron chi connectivity index (χ1n) is 6.79. The molecule has 110 valence electrons. The van der Waals surface area contributed by atoms with Crippen molar-refractivity contribution in [3.8, 4) is 0 Å². The molecular formula is C16H18N2O3. The molecule has 0 fully saturated rings. The number of amides is 1. The van der Waals surface area contributed by atoms with E-state index in [1.807, 2.05) is 42.5 Å². The van der Waals surface area contributed by atoms with Crippen LogP contribution in [0.15, 0.2) is 42.5 Å². The van der Waals surface area contributed by atoms with Gasteiger partial charge in [-0.05, 0) is 22.8 Å². The third-order valence-electron chi connectivity index (χ3n) is 3.40. The number of benzene rings is 2. The number of carbonyl (C=O) groups excluding carboxylic acids is 1. The van der Waals surface area contributed by atoms with Gasteiger partial charge in [0.2, 0.25) is 5.91 Å². The van der Waals surface area contributed by atoms with Gasteiger partial charge in [0.25, 0.3) is 0 Å². The normalized spacial score (nSPS) is 12.2. The average Bonchev–Trinajstić information content (AvgIpc) is 2.46. The Labute approximate surface area is 122 Å². The van der Waals surface area contributed by atoms with Crippen molar-refractivity contribution in [2.24, 2.45) is 5.73 Å². The van der Waals surface area contributed by atoms with Gasteiger partial charge in [0.05, 0.1) is 0 Å². The lowest BCUT2D eigenvalue weighted by atomic mass is 10.0. The second kappa shape index (κ2) is 6.85. The van der Waals surface area contributed by atoms with Crippen LogP contribution in [0.2, 0.25) is 0 Å². The van der Waals surface area contributed by atoms with E-state index in [9.17, 15) is 9.59 Å². The van der Waals surface area contributed by atoms with Gasteiger partial charge in [-0.3, -0.25) is 9.59 Å². The average molecular weight is 286 g/mol. The van der Waals surface area contributed by atoms with Gasteiger partial charge in [0.1, 0.15) is 6.04 Å². The molecule has 0 heterocycles. The molecule has 21 heavy (non-hydrogen) atoms. The van der Waals surface area contributed by atoms with Crippen LogP contribution in [0.25, 0.3) is 10.8 Å². The second-order valence-corrected chi connectivity index (χ2v) is 4.91. The van der Waals surface area contributed by atoms with Crippen LogP contribution in [0, 0.1) is 0 Å². The summed E-state index contributed by atoms with van der Waals surface area (Å²) in [6, 6.07) is 13.1. The SMILES string of the molecule is NC(=O)CCC(NCc1cccc2ccccc12)C(=O)O. The predicted octanol–water partition coefficient (Wildman–Crippen LogP) is 1.65. The van der Waals surface area contributed by atoms with E-state index in [0.717, 1.165) is 16.3 Å². The third kappa shape index (κ3) is 4.03. The lowest BCUT2D eigenvalue weighted by molar-refractivity contribution is -0.139. The van der Waals surface area contributed by atoms with Crippen LogP contribution in [0.5, 0.6) is 0 Å². The molecule has 1 unspecified atom stereocenters. The zero-order valence-corrected chi connectivity index (χ0v) is 11.6. The van der Waals surface area contributed by atoms with E-state index in [4.69, 9.17) is 10.8 Å². The maximum absolute atomic E-state index is 11.2. The third-order valence-corrected chi connectivity index (χ3v) is 3.40. The molecule has 0 aliphatic heterocycles. The smallest absolute Gasteiger partial charge is 0.320 e. The molecule has 0 aliphatic carbocycles. The molecule has 2 aromatic carbocycles. The zero-order chi connectivity index (χ0) is 15.2. The first kappa shape index (κ1) is 15.0. The van der Waals surface area contributed by atoms with Crippen molar-refractivity contribution in [1.82, 2.24) is 5.32 Å². The van der Waals surface area contributed by atoms with Crippen LogP contribution in [-0.2, 0) is 16.1 Å². The zero-order valence-electron chi connectivity index (χ0n) is 11.6. The minimum Gasteiger partial charge on any atom is -0.480 e. The molecule has 0 radical (unpaired) electrons. The Morgan fingerprint density at radius 3 is 2.57 bits per heavy atom. The number of nitrogens with two attached hydrogens (primary N) is 1. The van der Waals surface area contributed by atoms with Crippen LogP contribution >= 0.6 is 0 Å². The topological polar surface area (TPSA) is 92.4 Å². The number of carboxylic acid groups (broad SMARTS) is 1. The van der Waals surface area contributed by atoms with Crippen molar-refractivity contribution < 1.29 is 14.7 Å². The molecule has 2 aromatic rings. The Morgan fingerprint density at radius 1 is 1.14 bits per heavy atom. The van der Waals surface area contributed by atoms with Gasteiger partial charge in [-0.25, -0.2) is 0 Å². The van der Waals surface area contributed by atoms with Crippen LogP contribution in [-0.4, -0.2) is 23.0 Å². The van der Waals surface area contributed by atoms with Crippen LogP contribution < -0.4 is 11.1 Å². The first-order valence-corrected chi connectivity index (χ1v) is 6.79. The number of carbonyl (C=O) groups is 2. The summed E-state index contributed by atoms with van der Waals surface area (Å²) in [5, 5.41) is 14.3. The first-order chi connectivity index (χ1) is 10.1. The van der Waals surface area contributed by atoms with Crippen molar-refractivity contribution in [1.29, 1.82) is 0 Å². The lowest BCUT2D eigenvalue weighted by Gasteiger charge is -2.14. The molecule has 0 saturated heterocycles. The van der Waals surface area contributed by atoms with Gasteiger partial charge in [0.15, 0.2) is 0 Å². The Bertz CT molecular complexity index is 650. The summed E-state index contributed by atoms with van der Waals surface area (Å²) in [5.41, 5.74) is 6.09. The van der Waals surface area contributed by atoms with Crippen molar-refractivity contribution in [2.45, 2.75) is 25.4 Å². The van der Waals surface area contributed by atoms with E-state index in [1.54, 1.807) is 0 Å². The molecule has 4 N–H and O–H groups in total.